The Kier molecular flexibility index (Phi) is 4.88. The number of nitro groups is 1. The lowest BCUT2D eigenvalue weighted by atomic mass is 10.1. The summed E-state index contributed by atoms with van der Waals surface area (Å²) in [6, 6.07) is 9.94. The minimum absolute atomic E-state index is 0.0580. The van der Waals surface area contributed by atoms with Gasteiger partial charge in [0, 0.05) is 22.5 Å². The molecule has 0 spiro atoms. The second-order valence-electron chi connectivity index (χ2n) is 5.30. The van der Waals surface area contributed by atoms with Crippen LogP contribution in [0.4, 0.5) is 5.69 Å². The number of benzene rings is 2. The Hall–Kier alpha value is -2.96. The van der Waals surface area contributed by atoms with Crippen LogP contribution in [0.15, 0.2) is 57.8 Å². The fourth-order valence-corrected chi connectivity index (χ4v) is 2.85. The van der Waals surface area contributed by atoms with Crippen molar-refractivity contribution in [2.45, 2.75) is 0 Å². The van der Waals surface area contributed by atoms with E-state index < -0.39 is 16.3 Å². The number of allylic oxidation sites excluding steroid dienone is 1. The molecule has 0 saturated heterocycles. The van der Waals surface area contributed by atoms with E-state index in [0.29, 0.717) is 16.0 Å². The number of nitrogens with zero attached hydrogens (tertiary/aromatic N) is 1. The smallest absolute Gasteiger partial charge is 0.347 e. The Bertz CT molecular complexity index is 1120. The number of carbonyl (C=O) groups is 1. The largest absolute Gasteiger partial charge is 0.421 e. The number of halogens is 2. The highest BCUT2D eigenvalue weighted by atomic mass is 35.5. The third kappa shape index (κ3) is 3.66. The standard InChI is InChI=1S/C18H9Cl2NO5/c19-12-7-11-8-14(18(23)26-17(11)15(20)9-12)16(22)6-3-10-1-4-13(5-2-10)21(24)25/h1-9H. The van der Waals surface area contributed by atoms with Crippen LogP contribution in [0.2, 0.25) is 10.0 Å². The van der Waals surface area contributed by atoms with Crippen LogP contribution in [0, 0.1) is 10.1 Å². The van der Waals surface area contributed by atoms with Crippen molar-refractivity contribution >= 4 is 51.7 Å². The van der Waals surface area contributed by atoms with Crippen molar-refractivity contribution in [3.05, 3.63) is 90.2 Å². The summed E-state index contributed by atoms with van der Waals surface area (Å²) in [5.41, 5.74) is -0.330. The molecule has 0 aliphatic heterocycles. The average Bonchev–Trinajstić information content (AvgIpc) is 2.60. The number of non-ortho nitro benzene ring substituents is 1. The number of ketones is 1. The van der Waals surface area contributed by atoms with E-state index >= 15 is 0 Å². The second-order valence-corrected chi connectivity index (χ2v) is 6.14. The maximum absolute atomic E-state index is 12.3. The lowest BCUT2D eigenvalue weighted by Crippen LogP contribution is -2.12. The summed E-state index contributed by atoms with van der Waals surface area (Å²) in [6.07, 6.45) is 2.63. The number of hydrogen-bond donors (Lipinski definition) is 0. The molecule has 130 valence electrons. The molecule has 0 saturated carbocycles. The Morgan fingerprint density at radius 2 is 1.81 bits per heavy atom. The monoisotopic (exact) mass is 389 g/mol. The van der Waals surface area contributed by atoms with Gasteiger partial charge in [-0.05, 0) is 42.0 Å². The zero-order valence-corrected chi connectivity index (χ0v) is 14.5. The van der Waals surface area contributed by atoms with Crippen LogP contribution in [0.3, 0.4) is 0 Å². The highest BCUT2D eigenvalue weighted by Crippen LogP contribution is 2.27. The maximum Gasteiger partial charge on any atom is 0.347 e. The normalized spacial score (nSPS) is 11.2. The van der Waals surface area contributed by atoms with Gasteiger partial charge < -0.3 is 4.42 Å². The molecule has 1 aromatic heterocycles. The van der Waals surface area contributed by atoms with Crippen LogP contribution in [-0.4, -0.2) is 10.7 Å². The first-order chi connectivity index (χ1) is 12.3. The Labute approximate surface area is 156 Å². The van der Waals surface area contributed by atoms with Crippen molar-refractivity contribution in [3.8, 4) is 0 Å². The molecular formula is C18H9Cl2NO5. The predicted octanol–water partition coefficient (Wildman–Crippen LogP) is 4.90. The quantitative estimate of drug-likeness (QED) is 0.208. The van der Waals surface area contributed by atoms with E-state index in [1.807, 2.05) is 0 Å². The lowest BCUT2D eigenvalue weighted by molar-refractivity contribution is -0.384. The van der Waals surface area contributed by atoms with Gasteiger partial charge in [-0.1, -0.05) is 29.3 Å². The Balaban J connectivity index is 1.93. The van der Waals surface area contributed by atoms with Crippen molar-refractivity contribution in [3.63, 3.8) is 0 Å². The molecule has 6 nitrogen and oxygen atoms in total. The van der Waals surface area contributed by atoms with Crippen molar-refractivity contribution in [2.24, 2.45) is 0 Å². The fraction of sp³-hybridized carbons (Fsp3) is 0. The van der Waals surface area contributed by atoms with Crippen molar-refractivity contribution in [2.75, 3.05) is 0 Å². The Morgan fingerprint density at radius 3 is 2.46 bits per heavy atom. The summed E-state index contributed by atoms with van der Waals surface area (Å²) >= 11 is 11.9. The zero-order valence-electron chi connectivity index (χ0n) is 12.9. The summed E-state index contributed by atoms with van der Waals surface area (Å²) in [7, 11) is 0. The number of fused-ring (bicyclic) bond motifs is 1. The molecule has 0 fully saturated rings. The van der Waals surface area contributed by atoms with Crippen LogP contribution in [0.1, 0.15) is 15.9 Å². The van der Waals surface area contributed by atoms with Gasteiger partial charge in [0.15, 0.2) is 11.4 Å². The molecule has 0 amide bonds. The van der Waals surface area contributed by atoms with Crippen molar-refractivity contribution in [1.29, 1.82) is 0 Å². The van der Waals surface area contributed by atoms with E-state index in [-0.39, 0.29) is 21.9 Å². The molecule has 0 aliphatic rings. The molecule has 0 N–H and O–H groups in total. The first-order valence-corrected chi connectivity index (χ1v) is 8.00. The fourth-order valence-electron chi connectivity index (χ4n) is 2.30. The summed E-state index contributed by atoms with van der Waals surface area (Å²) in [5, 5.41) is 11.6. The molecule has 8 heteroatoms. The molecule has 3 rings (SSSR count). The molecule has 26 heavy (non-hydrogen) atoms. The maximum atomic E-state index is 12.3. The van der Waals surface area contributed by atoms with E-state index in [1.54, 1.807) is 0 Å². The molecule has 0 bridgehead atoms. The van der Waals surface area contributed by atoms with Gasteiger partial charge in [-0.2, -0.15) is 0 Å². The third-order valence-electron chi connectivity index (χ3n) is 3.55. The molecule has 0 radical (unpaired) electrons. The topological polar surface area (TPSA) is 90.4 Å². The van der Waals surface area contributed by atoms with E-state index in [1.165, 1.54) is 54.6 Å². The molecule has 3 aromatic rings. The first kappa shape index (κ1) is 17.8. The van der Waals surface area contributed by atoms with Gasteiger partial charge in [0.1, 0.15) is 5.56 Å². The summed E-state index contributed by atoms with van der Waals surface area (Å²) in [6.45, 7) is 0. The van der Waals surface area contributed by atoms with E-state index in [0.717, 1.165) is 0 Å². The lowest BCUT2D eigenvalue weighted by Gasteiger charge is -2.02. The van der Waals surface area contributed by atoms with Crippen molar-refractivity contribution in [1.82, 2.24) is 0 Å². The van der Waals surface area contributed by atoms with Crippen LogP contribution in [0.5, 0.6) is 0 Å². The van der Waals surface area contributed by atoms with Crippen LogP contribution in [-0.2, 0) is 0 Å². The third-order valence-corrected chi connectivity index (χ3v) is 4.05. The summed E-state index contributed by atoms with van der Waals surface area (Å²) in [5.74, 6) is -0.574. The van der Waals surface area contributed by atoms with Crippen LogP contribution in [0.25, 0.3) is 17.0 Å². The first-order valence-electron chi connectivity index (χ1n) is 7.25. The van der Waals surface area contributed by atoms with Gasteiger partial charge in [0.05, 0.1) is 9.95 Å². The summed E-state index contributed by atoms with van der Waals surface area (Å²) < 4.78 is 5.12. The highest BCUT2D eigenvalue weighted by molar-refractivity contribution is 6.38. The van der Waals surface area contributed by atoms with E-state index in [2.05, 4.69) is 0 Å². The van der Waals surface area contributed by atoms with Gasteiger partial charge in [-0.3, -0.25) is 14.9 Å². The summed E-state index contributed by atoms with van der Waals surface area (Å²) in [4.78, 5) is 34.5. The molecule has 2 aromatic carbocycles. The van der Waals surface area contributed by atoms with E-state index in [9.17, 15) is 19.7 Å². The van der Waals surface area contributed by atoms with Gasteiger partial charge in [0.2, 0.25) is 0 Å². The number of nitro benzene ring substituents is 1. The molecular weight excluding hydrogens is 381 g/mol. The predicted molar refractivity (Wildman–Crippen MR) is 99.0 cm³/mol. The number of carbonyl (C=O) groups excluding carboxylic acids is 1. The van der Waals surface area contributed by atoms with Gasteiger partial charge in [-0.25, -0.2) is 4.79 Å². The number of rotatable bonds is 4. The molecule has 0 unspecified atom stereocenters. The van der Waals surface area contributed by atoms with Crippen molar-refractivity contribution < 1.29 is 14.1 Å². The second kappa shape index (κ2) is 7.11. The molecule has 0 atom stereocenters. The highest BCUT2D eigenvalue weighted by Gasteiger charge is 2.14. The van der Waals surface area contributed by atoms with E-state index in [4.69, 9.17) is 27.6 Å². The zero-order chi connectivity index (χ0) is 18.8. The molecule has 1 heterocycles. The SMILES string of the molecule is O=C(C=Cc1ccc([N+](=O)[O-])cc1)c1cc2cc(Cl)cc(Cl)c2oc1=O. The van der Waals surface area contributed by atoms with Crippen LogP contribution >= 0.6 is 23.2 Å². The Morgan fingerprint density at radius 1 is 1.12 bits per heavy atom. The van der Waals surface area contributed by atoms with Gasteiger partial charge in [-0.15, -0.1) is 0 Å². The minimum atomic E-state index is -0.819. The van der Waals surface area contributed by atoms with Gasteiger partial charge >= 0.3 is 5.63 Å². The average molecular weight is 390 g/mol. The van der Waals surface area contributed by atoms with Crippen LogP contribution < -0.4 is 5.63 Å². The molecule has 0 aliphatic carbocycles. The van der Waals surface area contributed by atoms with Gasteiger partial charge in [0.25, 0.3) is 5.69 Å². The number of hydrogen-bond acceptors (Lipinski definition) is 5. The minimum Gasteiger partial charge on any atom is -0.421 e.